The van der Waals surface area contributed by atoms with Crippen molar-refractivity contribution in [1.29, 1.82) is 0 Å². The van der Waals surface area contributed by atoms with E-state index in [1.807, 2.05) is 7.05 Å². The number of carbonyl (C=O) groups is 1. The molecule has 1 unspecified atom stereocenters. The third-order valence-corrected chi connectivity index (χ3v) is 4.69. The molecule has 0 spiro atoms. The minimum absolute atomic E-state index is 0.0819. The monoisotopic (exact) mass is 263 g/mol. The first-order valence-electron chi connectivity index (χ1n) is 5.81. The second-order valence-corrected chi connectivity index (χ2v) is 6.75. The van der Waals surface area contributed by atoms with Crippen LogP contribution in [0, 0.1) is 0 Å². The van der Waals surface area contributed by atoms with Gasteiger partial charge in [0.2, 0.25) is 5.91 Å². The van der Waals surface area contributed by atoms with Gasteiger partial charge in [-0.25, -0.2) is 8.42 Å². The molecule has 1 fully saturated rings. The molecule has 0 aromatic carbocycles. The van der Waals surface area contributed by atoms with Crippen molar-refractivity contribution in [2.24, 2.45) is 5.73 Å². The summed E-state index contributed by atoms with van der Waals surface area (Å²) in [7, 11) is -1.24. The summed E-state index contributed by atoms with van der Waals surface area (Å²) in [6, 6.07) is 0.461. The van der Waals surface area contributed by atoms with E-state index >= 15 is 0 Å². The third-order valence-electron chi connectivity index (χ3n) is 3.06. The Balaban J connectivity index is 2.28. The highest BCUT2D eigenvalue weighted by atomic mass is 32.2. The van der Waals surface area contributed by atoms with E-state index in [0.717, 1.165) is 19.5 Å². The van der Waals surface area contributed by atoms with Crippen LogP contribution in [0.15, 0.2) is 0 Å². The Morgan fingerprint density at radius 1 is 1.47 bits per heavy atom. The van der Waals surface area contributed by atoms with Crippen LogP contribution < -0.4 is 11.1 Å². The molecule has 100 valence electrons. The van der Waals surface area contributed by atoms with Crippen LogP contribution in [0.4, 0.5) is 0 Å². The fraction of sp³-hybridized carbons (Fsp3) is 0.900. The van der Waals surface area contributed by atoms with E-state index in [9.17, 15) is 13.2 Å². The van der Waals surface area contributed by atoms with Gasteiger partial charge in [-0.1, -0.05) is 0 Å². The van der Waals surface area contributed by atoms with Gasteiger partial charge in [0.1, 0.15) is 0 Å². The highest BCUT2D eigenvalue weighted by molar-refractivity contribution is 7.91. The molecule has 0 radical (unpaired) electrons. The zero-order valence-corrected chi connectivity index (χ0v) is 11.0. The Morgan fingerprint density at radius 3 is 2.71 bits per heavy atom. The lowest BCUT2D eigenvalue weighted by molar-refractivity contribution is -0.117. The van der Waals surface area contributed by atoms with Gasteiger partial charge >= 0.3 is 0 Å². The molecule has 0 aliphatic carbocycles. The van der Waals surface area contributed by atoms with E-state index in [1.54, 1.807) is 0 Å². The van der Waals surface area contributed by atoms with Crippen LogP contribution in [-0.2, 0) is 14.6 Å². The quantitative estimate of drug-likeness (QED) is 0.587. The fourth-order valence-electron chi connectivity index (χ4n) is 1.90. The number of amides is 1. The van der Waals surface area contributed by atoms with Gasteiger partial charge in [0.05, 0.1) is 11.5 Å². The number of hydrogen-bond donors (Lipinski definition) is 2. The maximum absolute atomic E-state index is 11.6. The highest BCUT2D eigenvalue weighted by Gasteiger charge is 2.22. The molecule has 3 N–H and O–H groups in total. The second-order valence-electron chi connectivity index (χ2n) is 4.44. The van der Waals surface area contributed by atoms with E-state index in [0.29, 0.717) is 12.6 Å². The zero-order chi connectivity index (χ0) is 12.9. The predicted molar refractivity (Wildman–Crippen MR) is 66.4 cm³/mol. The van der Waals surface area contributed by atoms with Gasteiger partial charge in [0, 0.05) is 25.6 Å². The first-order chi connectivity index (χ1) is 7.93. The molecule has 1 atom stereocenters. The minimum Gasteiger partial charge on any atom is -0.370 e. The minimum atomic E-state index is -3.15. The van der Waals surface area contributed by atoms with Crippen LogP contribution in [0.2, 0.25) is 0 Å². The smallest absolute Gasteiger partial charge is 0.218 e. The van der Waals surface area contributed by atoms with Crippen LogP contribution in [0.25, 0.3) is 0 Å². The SMILES string of the molecule is CNC1CCN(CCS(=O)(=O)CCC(N)=O)C1. The topological polar surface area (TPSA) is 92.5 Å². The van der Waals surface area contributed by atoms with Gasteiger partial charge in [-0.05, 0) is 20.0 Å². The van der Waals surface area contributed by atoms with Crippen LogP contribution in [0.5, 0.6) is 0 Å². The summed E-state index contributed by atoms with van der Waals surface area (Å²) >= 11 is 0. The van der Waals surface area contributed by atoms with Crippen molar-refractivity contribution in [2.75, 3.05) is 38.2 Å². The standard InChI is InChI=1S/C10H21N3O3S/c1-12-9-2-4-13(8-9)5-7-17(15,16)6-3-10(11)14/h9,12H,2-8H2,1H3,(H2,11,14). The lowest BCUT2D eigenvalue weighted by Gasteiger charge is -2.15. The number of carbonyl (C=O) groups excluding carboxylic acids is 1. The summed E-state index contributed by atoms with van der Waals surface area (Å²) in [4.78, 5) is 12.7. The number of likely N-dealkylation sites (N-methyl/N-ethyl adjacent to an activating group) is 1. The molecule has 0 bridgehead atoms. The lowest BCUT2D eigenvalue weighted by Crippen LogP contribution is -2.33. The first kappa shape index (κ1) is 14.4. The molecule has 6 nitrogen and oxygen atoms in total. The Hall–Kier alpha value is -0.660. The summed E-state index contributed by atoms with van der Waals surface area (Å²) in [5.41, 5.74) is 4.93. The molecular weight excluding hydrogens is 242 g/mol. The molecule has 17 heavy (non-hydrogen) atoms. The summed E-state index contributed by atoms with van der Waals surface area (Å²) in [5, 5.41) is 3.18. The van der Waals surface area contributed by atoms with Crippen molar-refractivity contribution in [1.82, 2.24) is 10.2 Å². The largest absolute Gasteiger partial charge is 0.370 e. The van der Waals surface area contributed by atoms with Crippen molar-refractivity contribution in [2.45, 2.75) is 18.9 Å². The average molecular weight is 263 g/mol. The van der Waals surface area contributed by atoms with Crippen molar-refractivity contribution in [3.8, 4) is 0 Å². The van der Waals surface area contributed by atoms with Crippen molar-refractivity contribution in [3.05, 3.63) is 0 Å². The van der Waals surface area contributed by atoms with E-state index in [-0.39, 0.29) is 17.9 Å². The van der Waals surface area contributed by atoms with Crippen LogP contribution in [-0.4, -0.2) is 63.5 Å². The number of sulfone groups is 1. The Kier molecular flexibility index (Phi) is 5.35. The molecule has 0 saturated carbocycles. The van der Waals surface area contributed by atoms with Crippen molar-refractivity contribution >= 4 is 15.7 Å². The van der Waals surface area contributed by atoms with Crippen LogP contribution in [0.3, 0.4) is 0 Å². The molecule has 0 aromatic heterocycles. The Morgan fingerprint density at radius 2 is 2.18 bits per heavy atom. The van der Waals surface area contributed by atoms with E-state index in [2.05, 4.69) is 10.2 Å². The number of rotatable bonds is 7. The number of nitrogens with two attached hydrogens (primary N) is 1. The van der Waals surface area contributed by atoms with Gasteiger partial charge in [0.25, 0.3) is 0 Å². The first-order valence-corrected chi connectivity index (χ1v) is 7.63. The van der Waals surface area contributed by atoms with Crippen LogP contribution >= 0.6 is 0 Å². The summed E-state index contributed by atoms with van der Waals surface area (Å²) in [6.07, 6.45) is 0.972. The van der Waals surface area contributed by atoms with E-state index < -0.39 is 15.7 Å². The molecular formula is C10H21N3O3S. The number of hydrogen-bond acceptors (Lipinski definition) is 5. The fourth-order valence-corrected chi connectivity index (χ4v) is 3.15. The lowest BCUT2D eigenvalue weighted by atomic mass is 10.3. The molecule has 7 heteroatoms. The maximum Gasteiger partial charge on any atom is 0.218 e. The maximum atomic E-state index is 11.6. The number of nitrogens with zero attached hydrogens (tertiary/aromatic N) is 1. The van der Waals surface area contributed by atoms with Gasteiger partial charge in [-0.3, -0.25) is 4.79 Å². The van der Waals surface area contributed by atoms with E-state index in [4.69, 9.17) is 5.73 Å². The van der Waals surface area contributed by atoms with Gasteiger partial charge in [0.15, 0.2) is 9.84 Å². The molecule has 1 amide bonds. The molecule has 1 saturated heterocycles. The normalized spacial score (nSPS) is 21.8. The number of nitrogens with one attached hydrogen (secondary N) is 1. The van der Waals surface area contributed by atoms with Crippen molar-refractivity contribution in [3.63, 3.8) is 0 Å². The summed E-state index contributed by atoms with van der Waals surface area (Å²) in [5.74, 6) is -0.590. The molecule has 1 heterocycles. The second kappa shape index (κ2) is 6.32. The summed E-state index contributed by atoms with van der Waals surface area (Å²) < 4.78 is 23.2. The van der Waals surface area contributed by atoms with E-state index in [1.165, 1.54) is 0 Å². The number of likely N-dealkylation sites (tertiary alicyclic amines) is 1. The predicted octanol–water partition coefficient (Wildman–Crippen LogP) is -1.43. The molecule has 0 aromatic rings. The molecule has 1 aliphatic rings. The molecule has 1 aliphatic heterocycles. The molecule has 1 rings (SSSR count). The zero-order valence-electron chi connectivity index (χ0n) is 10.2. The third kappa shape index (κ3) is 5.47. The van der Waals surface area contributed by atoms with Crippen molar-refractivity contribution < 1.29 is 13.2 Å². The highest BCUT2D eigenvalue weighted by Crippen LogP contribution is 2.08. The Bertz CT molecular complexity index is 356. The summed E-state index contributed by atoms with van der Waals surface area (Å²) in [6.45, 7) is 2.36. The van der Waals surface area contributed by atoms with Gasteiger partial charge < -0.3 is 16.0 Å². The number of primary amides is 1. The Labute approximate surface area is 102 Å². The van der Waals surface area contributed by atoms with Crippen LogP contribution in [0.1, 0.15) is 12.8 Å². The van der Waals surface area contributed by atoms with Gasteiger partial charge in [-0.15, -0.1) is 0 Å². The average Bonchev–Trinajstić information content (AvgIpc) is 2.72. The van der Waals surface area contributed by atoms with Gasteiger partial charge in [-0.2, -0.15) is 0 Å².